The highest BCUT2D eigenvalue weighted by Crippen LogP contribution is 2.22. The number of carbonyl (C=O) groups is 1. The first kappa shape index (κ1) is 12.6. The SMILES string of the molecule is O=C(c1ccc2nc3ccccc3n2c1)c1ccccc1O. The van der Waals surface area contributed by atoms with Crippen LogP contribution in [0, 0.1) is 0 Å². The van der Waals surface area contributed by atoms with E-state index in [1.54, 1.807) is 30.5 Å². The molecule has 0 saturated heterocycles. The molecule has 2 heterocycles. The van der Waals surface area contributed by atoms with Crippen molar-refractivity contribution in [3.63, 3.8) is 0 Å². The summed E-state index contributed by atoms with van der Waals surface area (Å²) in [5, 5.41) is 9.85. The second-order valence-corrected chi connectivity index (χ2v) is 5.09. The average Bonchev–Trinajstić information content (AvgIpc) is 2.92. The predicted molar refractivity (Wildman–Crippen MR) is 84.2 cm³/mol. The first-order valence-electron chi connectivity index (χ1n) is 6.93. The van der Waals surface area contributed by atoms with Gasteiger partial charge in [0, 0.05) is 11.8 Å². The van der Waals surface area contributed by atoms with Crippen LogP contribution in [0.1, 0.15) is 15.9 Å². The van der Waals surface area contributed by atoms with Gasteiger partial charge >= 0.3 is 0 Å². The Balaban J connectivity index is 1.91. The first-order valence-corrected chi connectivity index (χ1v) is 6.93. The van der Waals surface area contributed by atoms with Crippen molar-refractivity contribution in [2.24, 2.45) is 0 Å². The van der Waals surface area contributed by atoms with E-state index in [-0.39, 0.29) is 11.5 Å². The van der Waals surface area contributed by atoms with E-state index >= 15 is 0 Å². The molecular formula is C18H12N2O2. The highest BCUT2D eigenvalue weighted by atomic mass is 16.3. The molecule has 4 nitrogen and oxygen atoms in total. The fourth-order valence-corrected chi connectivity index (χ4v) is 2.62. The monoisotopic (exact) mass is 288 g/mol. The van der Waals surface area contributed by atoms with Gasteiger partial charge in [-0.3, -0.25) is 9.20 Å². The molecule has 4 aromatic rings. The fraction of sp³-hybridized carbons (Fsp3) is 0. The second kappa shape index (κ2) is 4.70. The van der Waals surface area contributed by atoms with Crippen LogP contribution in [0.5, 0.6) is 5.75 Å². The summed E-state index contributed by atoms with van der Waals surface area (Å²) in [6.07, 6.45) is 1.76. The normalized spacial score (nSPS) is 11.1. The predicted octanol–water partition coefficient (Wildman–Crippen LogP) is 3.42. The number of para-hydroxylation sites is 3. The number of phenolic OH excluding ortho intramolecular Hbond substituents is 1. The number of fused-ring (bicyclic) bond motifs is 3. The molecule has 22 heavy (non-hydrogen) atoms. The average molecular weight is 288 g/mol. The first-order chi connectivity index (χ1) is 10.7. The fourth-order valence-electron chi connectivity index (χ4n) is 2.62. The number of phenols is 1. The third kappa shape index (κ3) is 1.85. The van der Waals surface area contributed by atoms with Crippen molar-refractivity contribution in [1.82, 2.24) is 9.38 Å². The molecule has 2 aromatic carbocycles. The summed E-state index contributed by atoms with van der Waals surface area (Å²) in [4.78, 5) is 17.1. The number of hydrogen-bond acceptors (Lipinski definition) is 3. The van der Waals surface area contributed by atoms with Gasteiger partial charge in [-0.05, 0) is 36.4 Å². The van der Waals surface area contributed by atoms with Gasteiger partial charge in [0.15, 0.2) is 5.78 Å². The van der Waals surface area contributed by atoms with Gasteiger partial charge in [0.25, 0.3) is 0 Å². The summed E-state index contributed by atoms with van der Waals surface area (Å²) in [6, 6.07) is 17.9. The minimum atomic E-state index is -0.210. The number of pyridine rings is 1. The van der Waals surface area contributed by atoms with Crippen LogP contribution in [0.3, 0.4) is 0 Å². The molecule has 0 bridgehead atoms. The highest BCUT2D eigenvalue weighted by Gasteiger charge is 2.14. The maximum atomic E-state index is 12.6. The number of hydrogen-bond donors (Lipinski definition) is 1. The molecule has 0 unspecified atom stereocenters. The summed E-state index contributed by atoms with van der Waals surface area (Å²) in [5.74, 6) is -0.221. The number of nitrogens with zero attached hydrogens (tertiary/aromatic N) is 2. The van der Waals surface area contributed by atoms with E-state index in [0.29, 0.717) is 11.1 Å². The van der Waals surface area contributed by atoms with Crippen molar-refractivity contribution in [3.8, 4) is 5.75 Å². The van der Waals surface area contributed by atoms with E-state index in [1.165, 1.54) is 6.07 Å². The van der Waals surface area contributed by atoms with E-state index in [1.807, 2.05) is 34.7 Å². The number of benzene rings is 2. The lowest BCUT2D eigenvalue weighted by Crippen LogP contribution is -2.03. The molecular weight excluding hydrogens is 276 g/mol. The summed E-state index contributed by atoms with van der Waals surface area (Å²) >= 11 is 0. The lowest BCUT2D eigenvalue weighted by molar-refractivity contribution is 0.103. The molecule has 0 fully saturated rings. The van der Waals surface area contributed by atoms with Gasteiger partial charge in [0.2, 0.25) is 0 Å². The molecule has 0 aliphatic heterocycles. The largest absolute Gasteiger partial charge is 0.507 e. The quantitative estimate of drug-likeness (QED) is 0.575. The molecule has 0 atom stereocenters. The van der Waals surface area contributed by atoms with E-state index < -0.39 is 0 Å². The maximum Gasteiger partial charge on any atom is 0.198 e. The third-order valence-electron chi connectivity index (χ3n) is 3.71. The van der Waals surface area contributed by atoms with Gasteiger partial charge in [-0.15, -0.1) is 0 Å². The van der Waals surface area contributed by atoms with Crippen molar-refractivity contribution < 1.29 is 9.90 Å². The van der Waals surface area contributed by atoms with Gasteiger partial charge in [-0.2, -0.15) is 0 Å². The van der Waals surface area contributed by atoms with Crippen molar-refractivity contribution in [2.45, 2.75) is 0 Å². The smallest absolute Gasteiger partial charge is 0.198 e. The Morgan fingerprint density at radius 3 is 2.59 bits per heavy atom. The Morgan fingerprint density at radius 1 is 0.955 bits per heavy atom. The van der Waals surface area contributed by atoms with Crippen molar-refractivity contribution in [2.75, 3.05) is 0 Å². The minimum absolute atomic E-state index is 0.0110. The van der Waals surface area contributed by atoms with Gasteiger partial charge in [-0.25, -0.2) is 4.98 Å². The van der Waals surface area contributed by atoms with Crippen LogP contribution in [-0.2, 0) is 0 Å². The number of ketones is 1. The molecule has 2 aromatic heterocycles. The number of aromatic hydroxyl groups is 1. The lowest BCUT2D eigenvalue weighted by atomic mass is 10.0. The molecule has 0 radical (unpaired) electrons. The Bertz CT molecular complexity index is 1020. The van der Waals surface area contributed by atoms with Gasteiger partial charge < -0.3 is 5.11 Å². The van der Waals surface area contributed by atoms with Gasteiger partial charge in [0.1, 0.15) is 11.4 Å². The molecule has 4 heteroatoms. The zero-order valence-electron chi connectivity index (χ0n) is 11.6. The third-order valence-corrected chi connectivity index (χ3v) is 3.71. The molecule has 0 aliphatic rings. The Hall–Kier alpha value is -3.14. The molecule has 0 saturated carbocycles. The summed E-state index contributed by atoms with van der Waals surface area (Å²) in [7, 11) is 0. The second-order valence-electron chi connectivity index (χ2n) is 5.09. The van der Waals surface area contributed by atoms with E-state index in [2.05, 4.69) is 4.98 Å². The van der Waals surface area contributed by atoms with Gasteiger partial charge in [-0.1, -0.05) is 24.3 Å². The number of aromatic nitrogens is 2. The lowest BCUT2D eigenvalue weighted by Gasteiger charge is -2.04. The van der Waals surface area contributed by atoms with Crippen molar-refractivity contribution in [3.05, 3.63) is 78.0 Å². The summed E-state index contributed by atoms with van der Waals surface area (Å²) in [6.45, 7) is 0. The molecule has 106 valence electrons. The number of carbonyl (C=O) groups excluding carboxylic acids is 1. The number of imidazole rings is 1. The zero-order valence-corrected chi connectivity index (χ0v) is 11.6. The molecule has 0 aliphatic carbocycles. The summed E-state index contributed by atoms with van der Waals surface area (Å²) < 4.78 is 1.89. The Labute approximate surface area is 126 Å². The van der Waals surface area contributed by atoms with Crippen LogP contribution in [-0.4, -0.2) is 20.3 Å². The standard InChI is InChI=1S/C18H12N2O2/c21-16-8-4-1-5-13(16)18(22)12-9-10-17-19-14-6-2-3-7-15(14)20(17)11-12/h1-11,21H. The van der Waals surface area contributed by atoms with E-state index in [9.17, 15) is 9.90 Å². The molecule has 0 spiro atoms. The molecule has 1 N–H and O–H groups in total. The number of rotatable bonds is 2. The highest BCUT2D eigenvalue weighted by molar-refractivity contribution is 6.10. The molecule has 4 rings (SSSR count). The van der Waals surface area contributed by atoms with Crippen LogP contribution in [0.4, 0.5) is 0 Å². The van der Waals surface area contributed by atoms with Crippen molar-refractivity contribution >= 4 is 22.5 Å². The van der Waals surface area contributed by atoms with Crippen LogP contribution in [0.25, 0.3) is 16.7 Å². The van der Waals surface area contributed by atoms with Crippen LogP contribution < -0.4 is 0 Å². The zero-order chi connectivity index (χ0) is 15.1. The van der Waals surface area contributed by atoms with Crippen LogP contribution in [0.15, 0.2) is 66.9 Å². The molecule has 0 amide bonds. The Kier molecular flexibility index (Phi) is 2.69. The maximum absolute atomic E-state index is 12.6. The van der Waals surface area contributed by atoms with E-state index in [4.69, 9.17) is 0 Å². The van der Waals surface area contributed by atoms with Gasteiger partial charge in [0.05, 0.1) is 16.6 Å². The van der Waals surface area contributed by atoms with E-state index in [0.717, 1.165) is 16.7 Å². The summed E-state index contributed by atoms with van der Waals surface area (Å²) in [5.41, 5.74) is 3.43. The van der Waals surface area contributed by atoms with Crippen LogP contribution >= 0.6 is 0 Å². The van der Waals surface area contributed by atoms with Crippen molar-refractivity contribution in [1.29, 1.82) is 0 Å². The van der Waals surface area contributed by atoms with Crippen LogP contribution in [0.2, 0.25) is 0 Å². The topological polar surface area (TPSA) is 54.6 Å². The Morgan fingerprint density at radius 2 is 1.73 bits per heavy atom. The minimum Gasteiger partial charge on any atom is -0.507 e.